The Morgan fingerprint density at radius 2 is 2.13 bits per heavy atom. The van der Waals surface area contributed by atoms with E-state index in [0.717, 1.165) is 6.42 Å². The van der Waals surface area contributed by atoms with Crippen molar-refractivity contribution in [1.82, 2.24) is 5.32 Å². The Balaban J connectivity index is 2.14. The first-order chi connectivity index (χ1) is 7.18. The van der Waals surface area contributed by atoms with E-state index < -0.39 is 5.97 Å². The summed E-state index contributed by atoms with van der Waals surface area (Å²) in [5.74, 6) is -0.744. The van der Waals surface area contributed by atoms with Gasteiger partial charge < -0.3 is 5.11 Å². The first-order valence-electron chi connectivity index (χ1n) is 5.23. The predicted molar refractivity (Wildman–Crippen MR) is 57.7 cm³/mol. The number of nitrogens with one attached hydrogen (secondary N) is 1. The Kier molecular flexibility index (Phi) is 2.73. The third-order valence-electron chi connectivity index (χ3n) is 3.01. The topological polar surface area (TPSA) is 49.3 Å². The predicted octanol–water partition coefficient (Wildman–Crippen LogP) is 1.87. The number of carboxylic acid groups (broad SMARTS) is 1. The molecule has 2 atom stereocenters. The van der Waals surface area contributed by atoms with Gasteiger partial charge in [-0.2, -0.15) is 0 Å². The smallest absolute Gasteiger partial charge is 0.320 e. The fraction of sp³-hybridized carbons (Fsp3) is 0.417. The van der Waals surface area contributed by atoms with Crippen LogP contribution in [0.3, 0.4) is 0 Å². The highest BCUT2D eigenvalue weighted by Crippen LogP contribution is 2.28. The zero-order valence-electron chi connectivity index (χ0n) is 8.73. The number of benzene rings is 1. The number of carbonyl (C=O) groups is 1. The molecule has 0 saturated carbocycles. The molecule has 2 rings (SSSR count). The molecule has 1 aromatic carbocycles. The lowest BCUT2D eigenvalue weighted by molar-refractivity contribution is -0.139. The van der Waals surface area contributed by atoms with Gasteiger partial charge in [0, 0.05) is 6.04 Å². The minimum absolute atomic E-state index is 0.201. The molecule has 1 aliphatic rings. The highest BCUT2D eigenvalue weighted by molar-refractivity contribution is 5.74. The molecule has 80 valence electrons. The van der Waals surface area contributed by atoms with Gasteiger partial charge in [0.25, 0.3) is 0 Å². The fourth-order valence-electron chi connectivity index (χ4n) is 2.16. The molecule has 0 aromatic heterocycles. The summed E-state index contributed by atoms with van der Waals surface area (Å²) in [6, 6.07) is 7.95. The van der Waals surface area contributed by atoms with Crippen LogP contribution < -0.4 is 5.32 Å². The van der Waals surface area contributed by atoms with Gasteiger partial charge in [0.05, 0.1) is 0 Å². The number of rotatable bonds is 2. The molecule has 0 bridgehead atoms. The number of hydrogen-bond acceptors (Lipinski definition) is 2. The molecule has 0 amide bonds. The number of hydrogen-bond donors (Lipinski definition) is 2. The maximum atomic E-state index is 10.8. The van der Waals surface area contributed by atoms with E-state index in [9.17, 15) is 4.79 Å². The highest BCUT2D eigenvalue weighted by Gasteiger charge is 2.29. The molecule has 1 fully saturated rings. The quantitative estimate of drug-likeness (QED) is 0.775. The molecule has 0 aliphatic carbocycles. The molecule has 3 heteroatoms. The molecule has 1 saturated heterocycles. The normalized spacial score (nSPS) is 25.4. The van der Waals surface area contributed by atoms with Crippen molar-refractivity contribution in [3.8, 4) is 0 Å². The Hall–Kier alpha value is -1.35. The summed E-state index contributed by atoms with van der Waals surface area (Å²) in [7, 11) is 0. The maximum absolute atomic E-state index is 10.8. The van der Waals surface area contributed by atoms with Crippen LogP contribution in [0, 0.1) is 6.92 Å². The SMILES string of the molecule is Cc1ccccc1[C@H]1CC[C@H](C(=O)O)N1. The summed E-state index contributed by atoms with van der Waals surface area (Å²) in [6.07, 6.45) is 1.62. The lowest BCUT2D eigenvalue weighted by Gasteiger charge is -2.14. The van der Waals surface area contributed by atoms with Crippen LogP contribution in [0.5, 0.6) is 0 Å². The second-order valence-electron chi connectivity index (χ2n) is 4.04. The van der Waals surface area contributed by atoms with Gasteiger partial charge in [0.1, 0.15) is 6.04 Å². The highest BCUT2D eigenvalue weighted by atomic mass is 16.4. The molecule has 3 nitrogen and oxygen atoms in total. The fourth-order valence-corrected chi connectivity index (χ4v) is 2.16. The van der Waals surface area contributed by atoms with Crippen molar-refractivity contribution in [3.63, 3.8) is 0 Å². The summed E-state index contributed by atoms with van der Waals surface area (Å²) in [4.78, 5) is 10.8. The first-order valence-corrected chi connectivity index (χ1v) is 5.23. The zero-order chi connectivity index (χ0) is 10.8. The summed E-state index contributed by atoms with van der Waals surface area (Å²) in [5, 5.41) is 12.0. The average molecular weight is 205 g/mol. The van der Waals surface area contributed by atoms with Crippen LogP contribution in [-0.2, 0) is 4.79 Å². The lowest BCUT2D eigenvalue weighted by atomic mass is 10.0. The Labute approximate surface area is 89.1 Å². The zero-order valence-corrected chi connectivity index (χ0v) is 8.73. The second-order valence-corrected chi connectivity index (χ2v) is 4.04. The summed E-state index contributed by atoms with van der Waals surface area (Å²) >= 11 is 0. The Bertz CT molecular complexity index is 376. The van der Waals surface area contributed by atoms with Gasteiger partial charge in [-0.25, -0.2) is 0 Å². The Morgan fingerprint density at radius 3 is 2.73 bits per heavy atom. The molecule has 0 radical (unpaired) electrons. The molecule has 0 spiro atoms. The van der Waals surface area contributed by atoms with Crippen LogP contribution in [0.25, 0.3) is 0 Å². The van der Waals surface area contributed by atoms with Crippen molar-refractivity contribution in [2.24, 2.45) is 0 Å². The molecule has 0 unspecified atom stereocenters. The minimum Gasteiger partial charge on any atom is -0.480 e. The van der Waals surface area contributed by atoms with E-state index in [0.29, 0.717) is 6.42 Å². The van der Waals surface area contributed by atoms with Gasteiger partial charge in [-0.15, -0.1) is 0 Å². The van der Waals surface area contributed by atoms with Crippen molar-refractivity contribution >= 4 is 5.97 Å². The van der Waals surface area contributed by atoms with E-state index >= 15 is 0 Å². The van der Waals surface area contributed by atoms with E-state index in [2.05, 4.69) is 24.4 Å². The number of carboxylic acids is 1. The van der Waals surface area contributed by atoms with Crippen LogP contribution in [0.2, 0.25) is 0 Å². The van der Waals surface area contributed by atoms with Gasteiger partial charge in [-0.05, 0) is 30.9 Å². The molecule has 1 heterocycles. The van der Waals surface area contributed by atoms with Gasteiger partial charge >= 0.3 is 5.97 Å². The van der Waals surface area contributed by atoms with Crippen LogP contribution >= 0.6 is 0 Å². The van der Waals surface area contributed by atoms with Gasteiger partial charge in [0.15, 0.2) is 0 Å². The first kappa shape index (κ1) is 10.2. The molecular weight excluding hydrogens is 190 g/mol. The van der Waals surface area contributed by atoms with E-state index in [1.54, 1.807) is 0 Å². The van der Waals surface area contributed by atoms with Crippen molar-refractivity contribution in [2.75, 3.05) is 0 Å². The average Bonchev–Trinajstić information content (AvgIpc) is 2.67. The van der Waals surface area contributed by atoms with Crippen LogP contribution in [0.1, 0.15) is 30.0 Å². The minimum atomic E-state index is -0.744. The Morgan fingerprint density at radius 1 is 1.40 bits per heavy atom. The van der Waals surface area contributed by atoms with E-state index in [4.69, 9.17) is 5.11 Å². The van der Waals surface area contributed by atoms with Crippen molar-refractivity contribution < 1.29 is 9.90 Å². The van der Waals surface area contributed by atoms with Crippen molar-refractivity contribution in [2.45, 2.75) is 31.8 Å². The third kappa shape index (κ3) is 2.02. The molecule has 1 aliphatic heterocycles. The molecule has 1 aromatic rings. The summed E-state index contributed by atoms with van der Waals surface area (Å²) < 4.78 is 0. The third-order valence-corrected chi connectivity index (χ3v) is 3.01. The van der Waals surface area contributed by atoms with E-state index in [1.165, 1.54) is 11.1 Å². The summed E-state index contributed by atoms with van der Waals surface area (Å²) in [6.45, 7) is 2.06. The standard InChI is InChI=1S/C12H15NO2/c1-8-4-2-3-5-9(8)10-6-7-11(13-10)12(14)15/h2-5,10-11,13H,6-7H2,1H3,(H,14,15)/t10-,11-/m1/s1. The lowest BCUT2D eigenvalue weighted by Crippen LogP contribution is -2.31. The van der Waals surface area contributed by atoms with E-state index in [-0.39, 0.29) is 12.1 Å². The monoisotopic (exact) mass is 205 g/mol. The van der Waals surface area contributed by atoms with Crippen LogP contribution in [0.4, 0.5) is 0 Å². The van der Waals surface area contributed by atoms with E-state index in [1.807, 2.05) is 12.1 Å². The van der Waals surface area contributed by atoms with Gasteiger partial charge in [-0.3, -0.25) is 10.1 Å². The molecular formula is C12H15NO2. The van der Waals surface area contributed by atoms with Crippen molar-refractivity contribution in [3.05, 3.63) is 35.4 Å². The second kappa shape index (κ2) is 4.03. The van der Waals surface area contributed by atoms with Gasteiger partial charge in [0.2, 0.25) is 0 Å². The van der Waals surface area contributed by atoms with Crippen LogP contribution in [-0.4, -0.2) is 17.1 Å². The summed E-state index contributed by atoms with van der Waals surface area (Å²) in [5.41, 5.74) is 2.45. The largest absolute Gasteiger partial charge is 0.480 e. The van der Waals surface area contributed by atoms with Crippen molar-refractivity contribution in [1.29, 1.82) is 0 Å². The maximum Gasteiger partial charge on any atom is 0.320 e. The molecule has 2 N–H and O–H groups in total. The molecule has 15 heavy (non-hydrogen) atoms. The van der Waals surface area contributed by atoms with Gasteiger partial charge in [-0.1, -0.05) is 24.3 Å². The number of aliphatic carboxylic acids is 1. The number of aryl methyl sites for hydroxylation is 1. The van der Waals surface area contributed by atoms with Crippen LogP contribution in [0.15, 0.2) is 24.3 Å².